The average Bonchev–Trinajstić information content (AvgIpc) is 3.17. The summed E-state index contributed by atoms with van der Waals surface area (Å²) in [4.78, 5) is 1.34. The fraction of sp³-hybridized carbons (Fsp3) is 0.375. The number of sulfonamides is 1. The van der Waals surface area contributed by atoms with Crippen molar-refractivity contribution in [3.8, 4) is 0 Å². The number of rotatable bonds is 6. The first-order chi connectivity index (χ1) is 10.9. The predicted octanol–water partition coefficient (Wildman–Crippen LogP) is 4.76. The Hall–Kier alpha value is -0.590. The van der Waals surface area contributed by atoms with E-state index in [4.69, 9.17) is 23.2 Å². The summed E-state index contributed by atoms with van der Waals surface area (Å²) in [6.45, 7) is 2.26. The predicted molar refractivity (Wildman–Crippen MR) is 96.1 cm³/mol. The summed E-state index contributed by atoms with van der Waals surface area (Å²) in [7, 11) is -3.61. The Balaban J connectivity index is 1.90. The second-order valence-corrected chi connectivity index (χ2v) is 9.41. The molecule has 0 radical (unpaired) electrons. The first kappa shape index (κ1) is 17.2. The van der Waals surface area contributed by atoms with Crippen LogP contribution < -0.4 is 0 Å². The van der Waals surface area contributed by atoms with E-state index >= 15 is 0 Å². The van der Waals surface area contributed by atoms with Gasteiger partial charge in [0.1, 0.15) is 4.90 Å². The number of nitrogens with zero attached hydrogens (tertiary/aromatic N) is 1. The summed E-state index contributed by atoms with van der Waals surface area (Å²) in [5.74, 6) is 0. The zero-order valence-corrected chi connectivity index (χ0v) is 15.8. The molecule has 0 bridgehead atoms. The second-order valence-electron chi connectivity index (χ2n) is 5.71. The molecule has 2 aromatic rings. The molecule has 1 heterocycles. The molecule has 124 valence electrons. The fourth-order valence-electron chi connectivity index (χ4n) is 2.49. The van der Waals surface area contributed by atoms with Gasteiger partial charge in [0, 0.05) is 22.5 Å². The van der Waals surface area contributed by atoms with Gasteiger partial charge in [-0.15, -0.1) is 11.3 Å². The molecule has 1 aromatic carbocycles. The number of halogens is 2. The SMILES string of the molecule is Cc1cc(S(=O)(=O)N(CCc2cccs2)C2CC2)c(Cl)cc1Cl. The summed E-state index contributed by atoms with van der Waals surface area (Å²) in [5.41, 5.74) is 0.712. The van der Waals surface area contributed by atoms with E-state index in [0.29, 0.717) is 17.1 Å². The van der Waals surface area contributed by atoms with Gasteiger partial charge in [-0.1, -0.05) is 29.3 Å². The van der Waals surface area contributed by atoms with E-state index in [9.17, 15) is 8.42 Å². The van der Waals surface area contributed by atoms with E-state index < -0.39 is 10.0 Å². The molecule has 1 aliphatic rings. The standard InChI is InChI=1S/C16H17Cl2NO2S2/c1-11-9-16(15(18)10-14(11)17)23(20,21)19(12-4-5-12)7-6-13-3-2-8-22-13/h2-3,8-10,12H,4-7H2,1H3. The Bertz CT molecular complexity index is 800. The molecule has 1 fully saturated rings. The van der Waals surface area contributed by atoms with E-state index in [0.717, 1.165) is 19.3 Å². The maximum Gasteiger partial charge on any atom is 0.244 e. The van der Waals surface area contributed by atoms with Crippen molar-refractivity contribution in [1.29, 1.82) is 0 Å². The smallest absolute Gasteiger partial charge is 0.207 e. The Morgan fingerprint density at radius 3 is 2.61 bits per heavy atom. The van der Waals surface area contributed by atoms with Crippen LogP contribution in [-0.2, 0) is 16.4 Å². The normalized spacial score (nSPS) is 15.3. The molecule has 1 aromatic heterocycles. The lowest BCUT2D eigenvalue weighted by Crippen LogP contribution is -2.35. The lowest BCUT2D eigenvalue weighted by atomic mass is 10.2. The zero-order valence-electron chi connectivity index (χ0n) is 12.6. The number of hydrogen-bond acceptors (Lipinski definition) is 3. The Morgan fingerprint density at radius 1 is 1.26 bits per heavy atom. The minimum absolute atomic E-state index is 0.0898. The van der Waals surface area contributed by atoms with Crippen LogP contribution in [0.4, 0.5) is 0 Å². The van der Waals surface area contributed by atoms with E-state index in [1.165, 1.54) is 10.9 Å². The van der Waals surface area contributed by atoms with Crippen molar-refractivity contribution in [2.24, 2.45) is 0 Å². The average molecular weight is 390 g/mol. The lowest BCUT2D eigenvalue weighted by molar-refractivity contribution is 0.408. The molecule has 0 spiro atoms. The van der Waals surface area contributed by atoms with Crippen molar-refractivity contribution in [2.75, 3.05) is 6.54 Å². The van der Waals surface area contributed by atoms with Crippen LogP contribution in [0.1, 0.15) is 23.3 Å². The molecule has 0 amide bonds. The van der Waals surface area contributed by atoms with E-state index in [1.807, 2.05) is 17.5 Å². The van der Waals surface area contributed by atoms with E-state index in [1.54, 1.807) is 28.6 Å². The van der Waals surface area contributed by atoms with Crippen LogP contribution in [-0.4, -0.2) is 25.3 Å². The van der Waals surface area contributed by atoms with Crippen LogP contribution in [0.5, 0.6) is 0 Å². The fourth-order valence-corrected chi connectivity index (χ4v) is 5.68. The molecule has 0 aliphatic heterocycles. The summed E-state index contributed by atoms with van der Waals surface area (Å²) in [6.07, 6.45) is 2.54. The third kappa shape index (κ3) is 3.74. The molecule has 1 saturated carbocycles. The molecule has 0 saturated heterocycles. The van der Waals surface area contributed by atoms with Gasteiger partial charge in [0.15, 0.2) is 0 Å². The molecular weight excluding hydrogens is 373 g/mol. The molecule has 0 N–H and O–H groups in total. The summed E-state index contributed by atoms with van der Waals surface area (Å²) >= 11 is 13.8. The number of hydrogen-bond donors (Lipinski definition) is 0. The highest BCUT2D eigenvalue weighted by Crippen LogP contribution is 2.36. The van der Waals surface area contributed by atoms with Crippen molar-refractivity contribution >= 4 is 44.6 Å². The van der Waals surface area contributed by atoms with E-state index in [2.05, 4.69) is 0 Å². The molecule has 0 atom stereocenters. The molecule has 3 nitrogen and oxygen atoms in total. The molecule has 1 aliphatic carbocycles. The van der Waals surface area contributed by atoms with Crippen LogP contribution in [0, 0.1) is 6.92 Å². The van der Waals surface area contributed by atoms with Crippen LogP contribution in [0.15, 0.2) is 34.5 Å². The van der Waals surface area contributed by atoms with Gasteiger partial charge in [0.05, 0.1) is 5.02 Å². The van der Waals surface area contributed by atoms with Crippen molar-refractivity contribution in [2.45, 2.75) is 37.1 Å². The minimum Gasteiger partial charge on any atom is -0.207 e. The molecule has 7 heteroatoms. The second kappa shape index (κ2) is 6.73. The van der Waals surface area contributed by atoms with Gasteiger partial charge in [0.2, 0.25) is 10.0 Å². The Labute approximate surface area is 150 Å². The van der Waals surface area contributed by atoms with Gasteiger partial charge in [-0.2, -0.15) is 4.31 Å². The van der Waals surface area contributed by atoms with Crippen LogP contribution in [0.3, 0.4) is 0 Å². The topological polar surface area (TPSA) is 37.4 Å². The summed E-state index contributed by atoms with van der Waals surface area (Å²) in [5, 5.41) is 2.66. The molecule has 3 rings (SSSR count). The largest absolute Gasteiger partial charge is 0.244 e. The van der Waals surface area contributed by atoms with Gasteiger partial charge in [0.25, 0.3) is 0 Å². The van der Waals surface area contributed by atoms with Crippen molar-refractivity contribution in [1.82, 2.24) is 4.31 Å². The lowest BCUT2D eigenvalue weighted by Gasteiger charge is -2.22. The third-order valence-corrected chi connectivity index (χ3v) is 7.67. The van der Waals surface area contributed by atoms with E-state index in [-0.39, 0.29) is 16.0 Å². The van der Waals surface area contributed by atoms with Crippen molar-refractivity contribution < 1.29 is 8.42 Å². The Morgan fingerprint density at radius 2 is 2.00 bits per heavy atom. The van der Waals surface area contributed by atoms with Gasteiger partial charge in [-0.05, 0) is 55.3 Å². The quantitative estimate of drug-likeness (QED) is 0.713. The first-order valence-electron chi connectivity index (χ1n) is 7.39. The highest BCUT2D eigenvalue weighted by atomic mass is 35.5. The number of thiophene rings is 1. The minimum atomic E-state index is -3.61. The van der Waals surface area contributed by atoms with Gasteiger partial charge in [-0.25, -0.2) is 8.42 Å². The highest BCUT2D eigenvalue weighted by molar-refractivity contribution is 7.89. The number of aryl methyl sites for hydroxylation is 1. The van der Waals surface area contributed by atoms with Crippen LogP contribution in [0.2, 0.25) is 10.0 Å². The Kier molecular flexibility index (Phi) is 5.04. The third-order valence-electron chi connectivity index (χ3n) is 3.91. The van der Waals surface area contributed by atoms with Crippen LogP contribution >= 0.6 is 34.5 Å². The molecule has 23 heavy (non-hydrogen) atoms. The maximum absolute atomic E-state index is 13.1. The van der Waals surface area contributed by atoms with Gasteiger partial charge < -0.3 is 0 Å². The summed E-state index contributed by atoms with van der Waals surface area (Å²) < 4.78 is 27.7. The molecule has 0 unspecified atom stereocenters. The van der Waals surface area contributed by atoms with Gasteiger partial charge in [-0.3, -0.25) is 0 Å². The monoisotopic (exact) mass is 389 g/mol. The maximum atomic E-state index is 13.1. The van der Waals surface area contributed by atoms with Crippen molar-refractivity contribution in [3.05, 3.63) is 50.1 Å². The van der Waals surface area contributed by atoms with Gasteiger partial charge >= 0.3 is 0 Å². The highest BCUT2D eigenvalue weighted by Gasteiger charge is 2.38. The van der Waals surface area contributed by atoms with Crippen molar-refractivity contribution in [3.63, 3.8) is 0 Å². The number of benzene rings is 1. The zero-order chi connectivity index (χ0) is 16.6. The molecular formula is C16H17Cl2NO2S2. The first-order valence-corrected chi connectivity index (χ1v) is 10.5. The summed E-state index contributed by atoms with van der Waals surface area (Å²) in [6, 6.07) is 7.18. The van der Waals surface area contributed by atoms with Crippen LogP contribution in [0.25, 0.3) is 0 Å².